The summed E-state index contributed by atoms with van der Waals surface area (Å²) in [7, 11) is 5.61. The molecular formula is C25H26FN3OS. The lowest BCUT2D eigenvalue weighted by Gasteiger charge is -2.17. The SMILES string of the molecule is CN(C)C(=O)c1sc2ccccc2c1[C@H]1CCN(Cc2cn(C)c3cc(F)ccc23)C1. The molecule has 2 aromatic heterocycles. The number of hydrogen-bond donors (Lipinski definition) is 0. The Morgan fingerprint density at radius 3 is 2.81 bits per heavy atom. The zero-order chi connectivity index (χ0) is 21.7. The summed E-state index contributed by atoms with van der Waals surface area (Å²) in [6.45, 7) is 2.74. The van der Waals surface area contributed by atoms with Crippen molar-refractivity contribution in [2.45, 2.75) is 18.9 Å². The van der Waals surface area contributed by atoms with Gasteiger partial charge in [-0.1, -0.05) is 18.2 Å². The first-order valence-electron chi connectivity index (χ1n) is 10.6. The van der Waals surface area contributed by atoms with E-state index in [9.17, 15) is 9.18 Å². The fourth-order valence-corrected chi connectivity index (χ4v) is 6.16. The number of amides is 1. The highest BCUT2D eigenvalue weighted by atomic mass is 32.1. The summed E-state index contributed by atoms with van der Waals surface area (Å²) < 4.78 is 16.9. The third-order valence-electron chi connectivity index (χ3n) is 6.34. The molecule has 160 valence electrons. The molecule has 2 aromatic carbocycles. The molecule has 0 spiro atoms. The molecule has 5 rings (SSSR count). The third kappa shape index (κ3) is 3.54. The largest absolute Gasteiger partial charge is 0.350 e. The number of likely N-dealkylation sites (tertiary alicyclic amines) is 1. The Hall–Kier alpha value is -2.70. The number of thiophene rings is 1. The van der Waals surface area contributed by atoms with E-state index >= 15 is 0 Å². The van der Waals surface area contributed by atoms with Crippen LogP contribution in [0.15, 0.2) is 48.7 Å². The van der Waals surface area contributed by atoms with Gasteiger partial charge in [-0.15, -0.1) is 11.3 Å². The van der Waals surface area contributed by atoms with Crippen LogP contribution in [0, 0.1) is 5.82 Å². The predicted molar refractivity (Wildman–Crippen MR) is 125 cm³/mol. The lowest BCUT2D eigenvalue weighted by atomic mass is 9.95. The minimum atomic E-state index is -0.205. The van der Waals surface area contributed by atoms with Crippen LogP contribution in [0.3, 0.4) is 0 Å². The quantitative estimate of drug-likeness (QED) is 0.440. The molecule has 6 heteroatoms. The molecule has 1 fully saturated rings. The molecule has 1 atom stereocenters. The summed E-state index contributed by atoms with van der Waals surface area (Å²) >= 11 is 1.61. The Kier molecular flexibility index (Phi) is 5.07. The zero-order valence-corrected chi connectivity index (χ0v) is 18.9. The van der Waals surface area contributed by atoms with E-state index in [1.54, 1.807) is 22.3 Å². The summed E-state index contributed by atoms with van der Waals surface area (Å²) in [4.78, 5) is 17.9. The number of carbonyl (C=O) groups is 1. The fourth-order valence-electron chi connectivity index (χ4n) is 4.85. The van der Waals surface area contributed by atoms with Crippen molar-refractivity contribution >= 4 is 38.2 Å². The summed E-state index contributed by atoms with van der Waals surface area (Å²) in [5.41, 5.74) is 3.35. The molecule has 31 heavy (non-hydrogen) atoms. The van der Waals surface area contributed by atoms with Crippen LogP contribution in [0.25, 0.3) is 21.0 Å². The van der Waals surface area contributed by atoms with Gasteiger partial charge in [0.2, 0.25) is 0 Å². The van der Waals surface area contributed by atoms with Crippen LogP contribution in [0.1, 0.15) is 33.1 Å². The number of aryl methyl sites for hydroxylation is 1. The van der Waals surface area contributed by atoms with Gasteiger partial charge >= 0.3 is 0 Å². The lowest BCUT2D eigenvalue weighted by molar-refractivity contribution is 0.0831. The van der Waals surface area contributed by atoms with Crippen molar-refractivity contribution in [3.63, 3.8) is 0 Å². The van der Waals surface area contributed by atoms with Crippen LogP contribution < -0.4 is 0 Å². The standard InChI is InChI=1S/C25H26FN3OS/c1-27(2)25(30)24-23(20-6-4-5-7-22(20)31-24)16-10-11-29(14-16)15-17-13-28(3)21-12-18(26)8-9-19(17)21/h4-9,12-13,16H,10-11,14-15H2,1-3H3/t16-/m0/s1. The Labute approximate surface area is 185 Å². The summed E-state index contributed by atoms with van der Waals surface area (Å²) in [5.74, 6) is 0.220. The number of carbonyl (C=O) groups excluding carboxylic acids is 1. The van der Waals surface area contributed by atoms with Crippen molar-refractivity contribution in [2.75, 3.05) is 27.2 Å². The molecule has 4 aromatic rings. The number of nitrogens with zero attached hydrogens (tertiary/aromatic N) is 3. The monoisotopic (exact) mass is 435 g/mol. The predicted octanol–water partition coefficient (Wildman–Crippen LogP) is 5.22. The molecule has 0 N–H and O–H groups in total. The van der Waals surface area contributed by atoms with Gasteiger partial charge in [-0.25, -0.2) is 4.39 Å². The number of hydrogen-bond acceptors (Lipinski definition) is 3. The van der Waals surface area contributed by atoms with Gasteiger partial charge in [0, 0.05) is 56.4 Å². The topological polar surface area (TPSA) is 28.5 Å². The Morgan fingerprint density at radius 2 is 2.00 bits per heavy atom. The minimum absolute atomic E-state index is 0.0886. The molecule has 1 saturated heterocycles. The van der Waals surface area contributed by atoms with Crippen LogP contribution in [0.4, 0.5) is 4.39 Å². The highest BCUT2D eigenvalue weighted by Crippen LogP contribution is 2.41. The molecule has 4 nitrogen and oxygen atoms in total. The first kappa shape index (κ1) is 20.2. The molecule has 0 unspecified atom stereocenters. The van der Waals surface area contributed by atoms with E-state index < -0.39 is 0 Å². The summed E-state index contributed by atoms with van der Waals surface area (Å²) in [6, 6.07) is 13.4. The molecule has 0 radical (unpaired) electrons. The normalized spacial score (nSPS) is 17.1. The van der Waals surface area contributed by atoms with Crippen LogP contribution in [0.5, 0.6) is 0 Å². The van der Waals surface area contributed by atoms with E-state index in [1.165, 1.54) is 27.3 Å². The average molecular weight is 436 g/mol. The van der Waals surface area contributed by atoms with Crippen molar-refractivity contribution in [3.8, 4) is 0 Å². The highest BCUT2D eigenvalue weighted by Gasteiger charge is 2.31. The van der Waals surface area contributed by atoms with Gasteiger partial charge in [-0.05, 0) is 53.7 Å². The molecule has 0 aliphatic carbocycles. The van der Waals surface area contributed by atoms with Crippen molar-refractivity contribution in [3.05, 3.63) is 70.5 Å². The van der Waals surface area contributed by atoms with Gasteiger partial charge in [0.1, 0.15) is 5.82 Å². The van der Waals surface area contributed by atoms with Gasteiger partial charge < -0.3 is 9.47 Å². The first-order chi connectivity index (χ1) is 14.9. The van der Waals surface area contributed by atoms with Gasteiger partial charge in [-0.2, -0.15) is 0 Å². The second-order valence-electron chi connectivity index (χ2n) is 8.69. The summed E-state index contributed by atoms with van der Waals surface area (Å²) in [5, 5.41) is 2.32. The van der Waals surface area contributed by atoms with Crippen molar-refractivity contribution in [1.29, 1.82) is 0 Å². The smallest absolute Gasteiger partial charge is 0.263 e. The maximum Gasteiger partial charge on any atom is 0.263 e. The van der Waals surface area contributed by atoms with Crippen molar-refractivity contribution in [2.24, 2.45) is 7.05 Å². The number of halogens is 1. The van der Waals surface area contributed by atoms with E-state index in [0.717, 1.165) is 41.8 Å². The Morgan fingerprint density at radius 1 is 1.19 bits per heavy atom. The van der Waals surface area contributed by atoms with Crippen molar-refractivity contribution in [1.82, 2.24) is 14.4 Å². The molecule has 1 aliphatic rings. The number of rotatable bonds is 4. The van der Waals surface area contributed by atoms with Crippen LogP contribution >= 0.6 is 11.3 Å². The van der Waals surface area contributed by atoms with Gasteiger partial charge in [-0.3, -0.25) is 9.69 Å². The van der Waals surface area contributed by atoms with Gasteiger partial charge in [0.15, 0.2) is 0 Å². The highest BCUT2D eigenvalue weighted by molar-refractivity contribution is 7.21. The van der Waals surface area contributed by atoms with E-state index in [1.807, 2.05) is 37.8 Å². The lowest BCUT2D eigenvalue weighted by Crippen LogP contribution is -2.23. The molecular weight excluding hydrogens is 409 g/mol. The molecule has 0 saturated carbocycles. The second-order valence-corrected chi connectivity index (χ2v) is 9.74. The van der Waals surface area contributed by atoms with Crippen LogP contribution in [-0.4, -0.2) is 47.5 Å². The summed E-state index contributed by atoms with van der Waals surface area (Å²) in [6.07, 6.45) is 3.15. The first-order valence-corrected chi connectivity index (χ1v) is 11.4. The maximum atomic E-state index is 13.7. The second kappa shape index (κ2) is 7.77. The molecule has 0 bridgehead atoms. The Balaban J connectivity index is 1.45. The average Bonchev–Trinajstić information content (AvgIpc) is 3.43. The van der Waals surface area contributed by atoms with Gasteiger partial charge in [0.25, 0.3) is 5.91 Å². The molecule has 1 aliphatic heterocycles. The number of aromatic nitrogens is 1. The van der Waals surface area contributed by atoms with Gasteiger partial charge in [0.05, 0.1) is 10.4 Å². The fraction of sp³-hybridized carbons (Fsp3) is 0.320. The zero-order valence-electron chi connectivity index (χ0n) is 18.1. The minimum Gasteiger partial charge on any atom is -0.350 e. The molecule has 3 heterocycles. The van der Waals surface area contributed by atoms with Crippen LogP contribution in [0.2, 0.25) is 0 Å². The van der Waals surface area contributed by atoms with E-state index in [-0.39, 0.29) is 11.7 Å². The number of fused-ring (bicyclic) bond motifs is 2. The molecule has 1 amide bonds. The van der Waals surface area contributed by atoms with Crippen molar-refractivity contribution < 1.29 is 9.18 Å². The van der Waals surface area contributed by atoms with E-state index in [2.05, 4.69) is 29.3 Å². The maximum absolute atomic E-state index is 13.7. The Bertz CT molecular complexity index is 1290. The third-order valence-corrected chi connectivity index (χ3v) is 7.52. The van der Waals surface area contributed by atoms with E-state index in [4.69, 9.17) is 0 Å². The number of benzene rings is 2. The van der Waals surface area contributed by atoms with E-state index in [0.29, 0.717) is 5.92 Å². The van der Waals surface area contributed by atoms with Crippen LogP contribution in [-0.2, 0) is 13.6 Å².